The van der Waals surface area contributed by atoms with Crippen LogP contribution in [-0.4, -0.2) is 37.1 Å². The molecule has 1 unspecified atom stereocenters. The van der Waals surface area contributed by atoms with Crippen molar-refractivity contribution in [2.45, 2.75) is 25.5 Å². The summed E-state index contributed by atoms with van der Waals surface area (Å²) >= 11 is 0. The lowest BCUT2D eigenvalue weighted by Crippen LogP contribution is -2.31. The molecule has 1 amide bonds. The molecular formula is C14H20N2O2. The molecule has 1 heterocycles. The standard InChI is InChI=1S/C14H20N2O2/c1-18-13-6-7-16(10-13)14(17)8-11-2-4-12(9-15)5-3-11/h2-5,13H,6-10,15H2,1H3. The largest absolute Gasteiger partial charge is 0.380 e. The summed E-state index contributed by atoms with van der Waals surface area (Å²) < 4.78 is 5.26. The minimum absolute atomic E-state index is 0.176. The molecule has 1 fully saturated rings. The Morgan fingerprint density at radius 1 is 1.39 bits per heavy atom. The summed E-state index contributed by atoms with van der Waals surface area (Å²) in [6, 6.07) is 7.91. The lowest BCUT2D eigenvalue weighted by atomic mass is 10.1. The van der Waals surface area contributed by atoms with Crippen molar-refractivity contribution >= 4 is 5.91 Å². The highest BCUT2D eigenvalue weighted by Crippen LogP contribution is 2.14. The zero-order valence-electron chi connectivity index (χ0n) is 10.8. The molecule has 4 heteroatoms. The zero-order valence-corrected chi connectivity index (χ0v) is 10.8. The molecule has 0 spiro atoms. The molecule has 1 aliphatic heterocycles. The van der Waals surface area contributed by atoms with Crippen LogP contribution in [0.25, 0.3) is 0 Å². The third-order valence-electron chi connectivity index (χ3n) is 3.45. The van der Waals surface area contributed by atoms with Crippen molar-refractivity contribution in [1.29, 1.82) is 0 Å². The van der Waals surface area contributed by atoms with Gasteiger partial charge in [0.05, 0.1) is 12.5 Å². The maximum Gasteiger partial charge on any atom is 0.227 e. The number of carbonyl (C=O) groups is 1. The third kappa shape index (κ3) is 3.09. The van der Waals surface area contributed by atoms with Gasteiger partial charge in [0, 0.05) is 26.7 Å². The normalized spacial score (nSPS) is 19.2. The van der Waals surface area contributed by atoms with Crippen LogP contribution in [0, 0.1) is 0 Å². The molecule has 2 rings (SSSR count). The maximum atomic E-state index is 12.1. The number of ether oxygens (including phenoxy) is 1. The Morgan fingerprint density at radius 2 is 2.06 bits per heavy atom. The summed E-state index contributed by atoms with van der Waals surface area (Å²) in [7, 11) is 1.70. The molecule has 1 aliphatic rings. The lowest BCUT2D eigenvalue weighted by molar-refractivity contribution is -0.129. The summed E-state index contributed by atoms with van der Waals surface area (Å²) in [5.41, 5.74) is 7.67. The molecule has 0 saturated carbocycles. The smallest absolute Gasteiger partial charge is 0.227 e. The Bertz CT molecular complexity index is 403. The van der Waals surface area contributed by atoms with Gasteiger partial charge in [-0.15, -0.1) is 0 Å². The van der Waals surface area contributed by atoms with Crippen LogP contribution in [0.2, 0.25) is 0 Å². The highest BCUT2D eigenvalue weighted by atomic mass is 16.5. The monoisotopic (exact) mass is 248 g/mol. The van der Waals surface area contributed by atoms with Crippen LogP contribution in [0.5, 0.6) is 0 Å². The molecule has 1 atom stereocenters. The number of hydrogen-bond donors (Lipinski definition) is 1. The number of likely N-dealkylation sites (tertiary alicyclic amines) is 1. The van der Waals surface area contributed by atoms with Crippen LogP contribution in [0.4, 0.5) is 0 Å². The molecule has 0 aliphatic carbocycles. The molecular weight excluding hydrogens is 228 g/mol. The van der Waals surface area contributed by atoms with Crippen molar-refractivity contribution in [2.75, 3.05) is 20.2 Å². The summed E-state index contributed by atoms with van der Waals surface area (Å²) in [4.78, 5) is 14.0. The minimum atomic E-state index is 0.176. The molecule has 1 aromatic rings. The number of nitrogens with two attached hydrogens (primary N) is 1. The summed E-state index contributed by atoms with van der Waals surface area (Å²) in [6.07, 6.45) is 1.60. The highest BCUT2D eigenvalue weighted by molar-refractivity contribution is 5.79. The second-order valence-corrected chi connectivity index (χ2v) is 4.68. The van der Waals surface area contributed by atoms with Crippen molar-refractivity contribution in [3.63, 3.8) is 0 Å². The first-order chi connectivity index (χ1) is 8.72. The highest BCUT2D eigenvalue weighted by Gasteiger charge is 2.25. The number of carbonyl (C=O) groups excluding carboxylic acids is 1. The van der Waals surface area contributed by atoms with E-state index in [0.29, 0.717) is 13.0 Å². The second kappa shape index (κ2) is 5.98. The van der Waals surface area contributed by atoms with Gasteiger partial charge in [0.25, 0.3) is 0 Å². The number of benzene rings is 1. The quantitative estimate of drug-likeness (QED) is 0.862. The van der Waals surface area contributed by atoms with Gasteiger partial charge in [-0.2, -0.15) is 0 Å². The first-order valence-electron chi connectivity index (χ1n) is 6.31. The van der Waals surface area contributed by atoms with Crippen LogP contribution in [-0.2, 0) is 22.5 Å². The van der Waals surface area contributed by atoms with Gasteiger partial charge in [-0.05, 0) is 17.5 Å². The van der Waals surface area contributed by atoms with Gasteiger partial charge in [-0.3, -0.25) is 4.79 Å². The Hall–Kier alpha value is -1.39. The number of hydrogen-bond acceptors (Lipinski definition) is 3. The van der Waals surface area contributed by atoms with Gasteiger partial charge >= 0.3 is 0 Å². The first-order valence-corrected chi connectivity index (χ1v) is 6.31. The molecule has 0 radical (unpaired) electrons. The maximum absolute atomic E-state index is 12.1. The van der Waals surface area contributed by atoms with E-state index in [0.717, 1.165) is 30.6 Å². The average Bonchev–Trinajstić information content (AvgIpc) is 2.88. The zero-order chi connectivity index (χ0) is 13.0. The fraction of sp³-hybridized carbons (Fsp3) is 0.500. The van der Waals surface area contributed by atoms with E-state index in [4.69, 9.17) is 10.5 Å². The summed E-state index contributed by atoms with van der Waals surface area (Å²) in [6.45, 7) is 2.06. The van der Waals surface area contributed by atoms with Gasteiger partial charge < -0.3 is 15.4 Å². The van der Waals surface area contributed by atoms with E-state index in [2.05, 4.69) is 0 Å². The van der Waals surface area contributed by atoms with E-state index in [1.807, 2.05) is 29.2 Å². The predicted octanol–water partition coefficient (Wildman–Crippen LogP) is 0.935. The Labute approximate surface area is 108 Å². The predicted molar refractivity (Wildman–Crippen MR) is 70.0 cm³/mol. The number of rotatable bonds is 4. The Kier molecular flexibility index (Phi) is 4.33. The number of methoxy groups -OCH3 is 1. The second-order valence-electron chi connectivity index (χ2n) is 4.68. The van der Waals surface area contributed by atoms with Crippen LogP contribution in [0.3, 0.4) is 0 Å². The van der Waals surface area contributed by atoms with Crippen molar-refractivity contribution in [2.24, 2.45) is 5.73 Å². The van der Waals surface area contributed by atoms with Crippen molar-refractivity contribution in [1.82, 2.24) is 4.90 Å². The van der Waals surface area contributed by atoms with Crippen LogP contribution < -0.4 is 5.73 Å². The van der Waals surface area contributed by atoms with Gasteiger partial charge in [0.2, 0.25) is 5.91 Å². The molecule has 98 valence electrons. The fourth-order valence-electron chi connectivity index (χ4n) is 2.23. The van der Waals surface area contributed by atoms with Crippen LogP contribution >= 0.6 is 0 Å². The molecule has 0 bridgehead atoms. The Morgan fingerprint density at radius 3 is 2.61 bits per heavy atom. The van der Waals surface area contributed by atoms with Gasteiger partial charge in [-0.25, -0.2) is 0 Å². The molecule has 2 N–H and O–H groups in total. The van der Waals surface area contributed by atoms with Crippen LogP contribution in [0.1, 0.15) is 17.5 Å². The van der Waals surface area contributed by atoms with Gasteiger partial charge in [0.1, 0.15) is 0 Å². The molecule has 0 aromatic heterocycles. The van der Waals surface area contributed by atoms with E-state index in [9.17, 15) is 4.79 Å². The number of nitrogens with zero attached hydrogens (tertiary/aromatic N) is 1. The SMILES string of the molecule is COC1CCN(C(=O)Cc2ccc(CN)cc2)C1. The van der Waals surface area contributed by atoms with E-state index < -0.39 is 0 Å². The van der Waals surface area contributed by atoms with Crippen LogP contribution in [0.15, 0.2) is 24.3 Å². The van der Waals surface area contributed by atoms with E-state index in [1.165, 1.54) is 0 Å². The number of amides is 1. The van der Waals surface area contributed by atoms with Crippen molar-refractivity contribution in [3.05, 3.63) is 35.4 Å². The summed E-state index contributed by atoms with van der Waals surface area (Å²) in [5, 5.41) is 0. The first kappa shape index (κ1) is 13.1. The van der Waals surface area contributed by atoms with Gasteiger partial charge in [0.15, 0.2) is 0 Å². The molecule has 1 saturated heterocycles. The molecule has 1 aromatic carbocycles. The van der Waals surface area contributed by atoms with Crippen molar-refractivity contribution < 1.29 is 9.53 Å². The van der Waals surface area contributed by atoms with E-state index >= 15 is 0 Å². The lowest BCUT2D eigenvalue weighted by Gasteiger charge is -2.16. The topological polar surface area (TPSA) is 55.6 Å². The van der Waals surface area contributed by atoms with Gasteiger partial charge in [-0.1, -0.05) is 24.3 Å². The summed E-state index contributed by atoms with van der Waals surface area (Å²) in [5.74, 6) is 0.176. The molecule has 18 heavy (non-hydrogen) atoms. The fourth-order valence-corrected chi connectivity index (χ4v) is 2.23. The average molecular weight is 248 g/mol. The third-order valence-corrected chi connectivity index (χ3v) is 3.45. The van der Waals surface area contributed by atoms with E-state index in [1.54, 1.807) is 7.11 Å². The Balaban J connectivity index is 1.90. The van der Waals surface area contributed by atoms with Crippen molar-refractivity contribution in [3.8, 4) is 0 Å². The molecule has 4 nitrogen and oxygen atoms in total. The minimum Gasteiger partial charge on any atom is -0.380 e. The van der Waals surface area contributed by atoms with E-state index in [-0.39, 0.29) is 12.0 Å².